The van der Waals surface area contributed by atoms with Gasteiger partial charge in [-0.3, -0.25) is 4.90 Å². The van der Waals surface area contributed by atoms with E-state index in [9.17, 15) is 0 Å². The van der Waals surface area contributed by atoms with E-state index in [-0.39, 0.29) is 12.1 Å². The van der Waals surface area contributed by atoms with E-state index in [1.807, 2.05) is 6.07 Å². The number of benzene rings is 1. The summed E-state index contributed by atoms with van der Waals surface area (Å²) in [4.78, 5) is 3.86. The van der Waals surface area contributed by atoms with Crippen molar-refractivity contribution in [1.82, 2.24) is 4.90 Å². The average molecular weight is 367 g/mol. The van der Waals surface area contributed by atoms with E-state index in [4.69, 9.17) is 5.73 Å². The summed E-state index contributed by atoms with van der Waals surface area (Å²) in [5.41, 5.74) is 7.61. The lowest BCUT2D eigenvalue weighted by atomic mass is 9.97. The van der Waals surface area contributed by atoms with Gasteiger partial charge in [-0.1, -0.05) is 40.2 Å². The zero-order valence-corrected chi connectivity index (χ0v) is 15.2. The normalized spacial score (nSPS) is 14.6. The van der Waals surface area contributed by atoms with Crippen LogP contribution >= 0.6 is 27.3 Å². The Balaban J connectivity index is 2.35. The second-order valence-corrected chi connectivity index (χ2v) is 7.56. The van der Waals surface area contributed by atoms with Crippen molar-refractivity contribution in [1.29, 1.82) is 0 Å². The number of hydrogen-bond acceptors (Lipinski definition) is 3. The number of hydrogen-bond donors (Lipinski definition) is 1. The molecule has 2 nitrogen and oxygen atoms in total. The number of thiophene rings is 1. The zero-order chi connectivity index (χ0) is 15.4. The molecule has 0 aliphatic rings. The molecule has 2 rings (SSSR count). The van der Waals surface area contributed by atoms with Gasteiger partial charge in [0.25, 0.3) is 0 Å². The highest BCUT2D eigenvalue weighted by Crippen LogP contribution is 2.32. The molecule has 1 heterocycles. The van der Waals surface area contributed by atoms with Gasteiger partial charge >= 0.3 is 0 Å². The van der Waals surface area contributed by atoms with E-state index in [1.54, 1.807) is 11.3 Å². The van der Waals surface area contributed by atoms with Gasteiger partial charge in [0, 0.05) is 28.0 Å². The molecule has 0 saturated carbocycles. The van der Waals surface area contributed by atoms with Crippen molar-refractivity contribution in [2.45, 2.75) is 45.4 Å². The highest BCUT2D eigenvalue weighted by atomic mass is 79.9. The van der Waals surface area contributed by atoms with Crippen molar-refractivity contribution in [2.75, 3.05) is 0 Å². The van der Waals surface area contributed by atoms with Crippen molar-refractivity contribution < 1.29 is 0 Å². The minimum atomic E-state index is 0.0612. The lowest BCUT2D eigenvalue weighted by molar-refractivity contribution is 0.128. The molecule has 2 N–H and O–H groups in total. The van der Waals surface area contributed by atoms with Crippen LogP contribution in [0, 0.1) is 0 Å². The molecule has 0 amide bonds. The summed E-state index contributed by atoms with van der Waals surface area (Å²) in [5.74, 6) is 0. The molecule has 0 bridgehead atoms. The molecule has 2 aromatic rings. The largest absolute Gasteiger partial charge is 0.326 e. The third-order valence-electron chi connectivity index (χ3n) is 3.66. The van der Waals surface area contributed by atoms with Gasteiger partial charge in [-0.05, 0) is 43.8 Å². The fourth-order valence-corrected chi connectivity index (χ4v) is 3.90. The Morgan fingerprint density at radius 2 is 1.86 bits per heavy atom. The van der Waals surface area contributed by atoms with Gasteiger partial charge in [0.15, 0.2) is 0 Å². The van der Waals surface area contributed by atoms with Gasteiger partial charge in [0.1, 0.15) is 0 Å². The predicted octanol–water partition coefficient (Wildman–Crippen LogP) is 4.81. The summed E-state index contributed by atoms with van der Waals surface area (Å²) < 4.78 is 1.13. The fraction of sp³-hybridized carbons (Fsp3) is 0.412. The van der Waals surface area contributed by atoms with Crippen LogP contribution in [0.25, 0.3) is 0 Å². The molecule has 2 atom stereocenters. The maximum atomic E-state index is 6.35. The Morgan fingerprint density at radius 3 is 2.38 bits per heavy atom. The first-order chi connectivity index (χ1) is 10.0. The molecule has 1 aromatic carbocycles. The Bertz CT molecular complexity index is 552. The Morgan fingerprint density at radius 1 is 1.14 bits per heavy atom. The first-order valence-corrected chi connectivity index (χ1v) is 8.96. The number of rotatable bonds is 6. The molecule has 21 heavy (non-hydrogen) atoms. The maximum absolute atomic E-state index is 6.35. The van der Waals surface area contributed by atoms with Crippen LogP contribution in [-0.2, 0) is 6.54 Å². The fourth-order valence-electron chi connectivity index (χ4n) is 2.66. The number of halogens is 1. The third kappa shape index (κ3) is 4.16. The summed E-state index contributed by atoms with van der Waals surface area (Å²) >= 11 is 5.48. The summed E-state index contributed by atoms with van der Waals surface area (Å²) in [5, 5.41) is 2.13. The topological polar surface area (TPSA) is 29.3 Å². The van der Waals surface area contributed by atoms with Crippen LogP contribution in [0.2, 0.25) is 0 Å². The molecular formula is C17H23BrN2S. The van der Waals surface area contributed by atoms with Crippen LogP contribution in [0.5, 0.6) is 0 Å². The highest BCUT2D eigenvalue weighted by molar-refractivity contribution is 9.10. The zero-order valence-electron chi connectivity index (χ0n) is 12.8. The average Bonchev–Trinajstić information content (AvgIpc) is 2.92. The summed E-state index contributed by atoms with van der Waals surface area (Å²) in [7, 11) is 0. The standard InChI is InChI=1S/C17H23BrN2S/c1-12(2)20(11-14-7-6-10-21-14)17(13(3)19)15-8-4-5-9-16(15)18/h4-10,12-13,17H,11,19H2,1-3H3. The minimum Gasteiger partial charge on any atom is -0.326 e. The van der Waals surface area contributed by atoms with Gasteiger partial charge < -0.3 is 5.73 Å². The molecule has 4 heteroatoms. The van der Waals surface area contributed by atoms with Crippen molar-refractivity contribution in [3.63, 3.8) is 0 Å². The van der Waals surface area contributed by atoms with Crippen LogP contribution in [0.4, 0.5) is 0 Å². The Labute approximate surface area is 140 Å². The molecule has 0 spiro atoms. The first-order valence-electron chi connectivity index (χ1n) is 7.29. The van der Waals surface area contributed by atoms with Crippen LogP contribution in [0.3, 0.4) is 0 Å². The molecular weight excluding hydrogens is 344 g/mol. The van der Waals surface area contributed by atoms with Gasteiger partial charge in [-0.25, -0.2) is 0 Å². The van der Waals surface area contributed by atoms with E-state index < -0.39 is 0 Å². The molecule has 114 valence electrons. The molecule has 0 radical (unpaired) electrons. The summed E-state index contributed by atoms with van der Waals surface area (Å²) in [6.45, 7) is 7.50. The minimum absolute atomic E-state index is 0.0612. The Hall–Kier alpha value is -0.680. The molecule has 1 aromatic heterocycles. The van der Waals surface area contributed by atoms with Gasteiger partial charge in [-0.2, -0.15) is 0 Å². The van der Waals surface area contributed by atoms with Crippen LogP contribution in [-0.4, -0.2) is 17.0 Å². The summed E-state index contributed by atoms with van der Waals surface area (Å²) in [6.07, 6.45) is 0. The van der Waals surface area contributed by atoms with Gasteiger partial charge in [0.05, 0.1) is 6.04 Å². The SMILES string of the molecule is CC(N)C(c1ccccc1Br)N(Cc1cccs1)C(C)C. The Kier molecular flexibility index (Phi) is 5.99. The van der Waals surface area contributed by atoms with Crippen LogP contribution in [0.1, 0.15) is 37.3 Å². The van der Waals surface area contributed by atoms with E-state index in [1.165, 1.54) is 10.4 Å². The number of nitrogens with two attached hydrogens (primary N) is 1. The van der Waals surface area contributed by atoms with E-state index in [0.717, 1.165) is 11.0 Å². The van der Waals surface area contributed by atoms with Crippen molar-refractivity contribution in [2.24, 2.45) is 5.73 Å². The van der Waals surface area contributed by atoms with Crippen LogP contribution in [0.15, 0.2) is 46.3 Å². The van der Waals surface area contributed by atoms with E-state index in [2.05, 4.69) is 77.3 Å². The van der Waals surface area contributed by atoms with E-state index in [0.29, 0.717) is 6.04 Å². The molecule has 0 saturated heterocycles. The second kappa shape index (κ2) is 7.54. The van der Waals surface area contributed by atoms with E-state index >= 15 is 0 Å². The lowest BCUT2D eigenvalue weighted by Crippen LogP contribution is -2.42. The number of nitrogens with zero attached hydrogens (tertiary/aromatic N) is 1. The maximum Gasteiger partial charge on any atom is 0.0514 e. The molecule has 0 aliphatic carbocycles. The van der Waals surface area contributed by atoms with Crippen molar-refractivity contribution in [3.05, 3.63) is 56.7 Å². The van der Waals surface area contributed by atoms with Crippen LogP contribution < -0.4 is 5.73 Å². The van der Waals surface area contributed by atoms with Gasteiger partial charge in [-0.15, -0.1) is 11.3 Å². The third-order valence-corrected chi connectivity index (χ3v) is 5.24. The van der Waals surface area contributed by atoms with Gasteiger partial charge in [0.2, 0.25) is 0 Å². The quantitative estimate of drug-likeness (QED) is 0.794. The lowest BCUT2D eigenvalue weighted by Gasteiger charge is -2.37. The van der Waals surface area contributed by atoms with Crippen molar-refractivity contribution in [3.8, 4) is 0 Å². The monoisotopic (exact) mass is 366 g/mol. The molecule has 0 aliphatic heterocycles. The second-order valence-electron chi connectivity index (χ2n) is 5.67. The van der Waals surface area contributed by atoms with Crippen molar-refractivity contribution >= 4 is 27.3 Å². The molecule has 0 fully saturated rings. The smallest absolute Gasteiger partial charge is 0.0514 e. The first kappa shape index (κ1) is 16.7. The highest BCUT2D eigenvalue weighted by Gasteiger charge is 2.27. The molecule has 2 unspecified atom stereocenters. The predicted molar refractivity (Wildman–Crippen MR) is 95.5 cm³/mol. The summed E-state index contributed by atoms with van der Waals surface area (Å²) in [6, 6.07) is 13.4.